The van der Waals surface area contributed by atoms with Gasteiger partial charge in [0.1, 0.15) is 0 Å². The van der Waals surface area contributed by atoms with Gasteiger partial charge in [0.25, 0.3) is 5.91 Å². The number of rotatable bonds is 6. The summed E-state index contributed by atoms with van der Waals surface area (Å²) in [6, 6.07) is 7.69. The summed E-state index contributed by atoms with van der Waals surface area (Å²) in [5.74, 6) is -0.642. The number of piperidine rings is 1. The van der Waals surface area contributed by atoms with E-state index >= 15 is 0 Å². The van der Waals surface area contributed by atoms with Crippen LogP contribution >= 0.6 is 11.3 Å². The Bertz CT molecular complexity index is 736. The van der Waals surface area contributed by atoms with Crippen molar-refractivity contribution in [1.29, 1.82) is 0 Å². The molecular weight excluding hydrogens is 336 g/mol. The summed E-state index contributed by atoms with van der Waals surface area (Å²) < 4.78 is 0. The summed E-state index contributed by atoms with van der Waals surface area (Å²) in [5.41, 5.74) is 7.53. The zero-order valence-electron chi connectivity index (χ0n) is 14.0. The topological polar surface area (TPSA) is 88.3 Å². The van der Waals surface area contributed by atoms with Crippen LogP contribution in [0.1, 0.15) is 40.9 Å². The molecule has 1 saturated heterocycles. The quantitative estimate of drug-likeness (QED) is 0.830. The molecule has 2 amide bonds. The fourth-order valence-corrected chi connectivity index (χ4v) is 3.64. The first-order valence-corrected chi connectivity index (χ1v) is 9.33. The number of nitrogens with zero attached hydrogens (tertiary/aromatic N) is 2. The highest BCUT2D eigenvalue weighted by atomic mass is 32.1. The zero-order valence-corrected chi connectivity index (χ0v) is 14.8. The third-order valence-electron chi connectivity index (χ3n) is 4.20. The molecule has 0 atom stereocenters. The Morgan fingerprint density at radius 3 is 2.56 bits per heavy atom. The molecule has 2 heterocycles. The van der Waals surface area contributed by atoms with Crippen LogP contribution in [0.2, 0.25) is 0 Å². The normalized spacial score (nSPS) is 15.0. The standard InChI is InChI=1S/C18H22N4O2S/c19-16(23)10-15-12-25-18(20-15)21-17(24)14-6-4-13(5-7-14)11-22-8-2-1-3-9-22/h4-7,12H,1-3,8-11H2,(H2,19,23)(H,20,21,24). The maximum absolute atomic E-state index is 12.3. The molecule has 1 aliphatic heterocycles. The van der Waals surface area contributed by atoms with Crippen molar-refractivity contribution in [2.45, 2.75) is 32.2 Å². The minimum absolute atomic E-state index is 0.0809. The van der Waals surface area contributed by atoms with Gasteiger partial charge in [-0.2, -0.15) is 0 Å². The number of nitrogens with one attached hydrogen (secondary N) is 1. The van der Waals surface area contributed by atoms with Crippen LogP contribution < -0.4 is 11.1 Å². The van der Waals surface area contributed by atoms with Crippen LogP contribution in [-0.2, 0) is 17.8 Å². The van der Waals surface area contributed by atoms with Crippen molar-refractivity contribution in [3.05, 3.63) is 46.5 Å². The van der Waals surface area contributed by atoms with E-state index in [1.165, 1.54) is 36.2 Å². The number of hydrogen-bond acceptors (Lipinski definition) is 5. The van der Waals surface area contributed by atoms with Crippen LogP contribution in [0.4, 0.5) is 5.13 Å². The van der Waals surface area contributed by atoms with E-state index in [0.717, 1.165) is 19.6 Å². The predicted molar refractivity (Wildman–Crippen MR) is 98.5 cm³/mol. The molecule has 0 unspecified atom stereocenters. The van der Waals surface area contributed by atoms with E-state index in [-0.39, 0.29) is 12.3 Å². The maximum Gasteiger partial charge on any atom is 0.257 e. The molecule has 0 spiro atoms. The van der Waals surface area contributed by atoms with Crippen molar-refractivity contribution in [2.24, 2.45) is 5.73 Å². The van der Waals surface area contributed by atoms with Gasteiger partial charge in [-0.25, -0.2) is 4.98 Å². The van der Waals surface area contributed by atoms with E-state index in [0.29, 0.717) is 16.4 Å². The summed E-state index contributed by atoms with van der Waals surface area (Å²) in [6.07, 6.45) is 3.95. The molecule has 0 saturated carbocycles. The van der Waals surface area contributed by atoms with Crippen LogP contribution in [0.5, 0.6) is 0 Å². The number of primary amides is 1. The Balaban J connectivity index is 1.56. The Kier molecular flexibility index (Phi) is 5.78. The first-order valence-electron chi connectivity index (χ1n) is 8.45. The van der Waals surface area contributed by atoms with Crippen LogP contribution in [-0.4, -0.2) is 34.8 Å². The molecule has 3 N–H and O–H groups in total. The molecule has 132 valence electrons. The second-order valence-corrected chi connectivity index (χ2v) is 7.13. The number of thiazole rings is 1. The van der Waals surface area contributed by atoms with Crippen molar-refractivity contribution in [3.63, 3.8) is 0 Å². The molecule has 25 heavy (non-hydrogen) atoms. The lowest BCUT2D eigenvalue weighted by atomic mass is 10.1. The van der Waals surface area contributed by atoms with Crippen LogP contribution in [0, 0.1) is 0 Å². The van der Waals surface area contributed by atoms with Gasteiger partial charge in [-0.1, -0.05) is 18.6 Å². The van der Waals surface area contributed by atoms with Gasteiger partial charge in [-0.15, -0.1) is 11.3 Å². The van der Waals surface area contributed by atoms with E-state index in [1.54, 1.807) is 5.38 Å². The predicted octanol–water partition coefficient (Wildman–Crippen LogP) is 2.41. The molecule has 7 heteroatoms. The third kappa shape index (κ3) is 5.11. The fraction of sp³-hybridized carbons (Fsp3) is 0.389. The van der Waals surface area contributed by atoms with Gasteiger partial charge in [-0.3, -0.25) is 19.8 Å². The lowest BCUT2D eigenvalue weighted by Gasteiger charge is -2.26. The van der Waals surface area contributed by atoms with E-state index in [1.807, 2.05) is 24.3 Å². The highest BCUT2D eigenvalue weighted by Gasteiger charge is 2.12. The number of anilines is 1. The Labute approximate surface area is 151 Å². The van der Waals surface area contributed by atoms with Crippen molar-refractivity contribution >= 4 is 28.3 Å². The number of likely N-dealkylation sites (tertiary alicyclic amines) is 1. The summed E-state index contributed by atoms with van der Waals surface area (Å²) in [5, 5.41) is 4.95. The maximum atomic E-state index is 12.3. The summed E-state index contributed by atoms with van der Waals surface area (Å²) >= 11 is 1.28. The number of aromatic nitrogens is 1. The van der Waals surface area contributed by atoms with E-state index < -0.39 is 5.91 Å². The Hall–Kier alpha value is -2.25. The van der Waals surface area contributed by atoms with Crippen molar-refractivity contribution in [3.8, 4) is 0 Å². The summed E-state index contributed by atoms with van der Waals surface area (Å²) in [7, 11) is 0. The largest absolute Gasteiger partial charge is 0.369 e. The molecule has 3 rings (SSSR count). The van der Waals surface area contributed by atoms with Crippen LogP contribution in [0.15, 0.2) is 29.6 Å². The second-order valence-electron chi connectivity index (χ2n) is 6.27. The molecule has 2 aromatic rings. The highest BCUT2D eigenvalue weighted by molar-refractivity contribution is 7.14. The number of carbonyl (C=O) groups is 2. The molecule has 0 radical (unpaired) electrons. The van der Waals surface area contributed by atoms with Gasteiger partial charge in [0.05, 0.1) is 12.1 Å². The average molecular weight is 358 g/mol. The van der Waals surface area contributed by atoms with Gasteiger partial charge in [0.2, 0.25) is 5.91 Å². The van der Waals surface area contributed by atoms with Gasteiger partial charge < -0.3 is 5.73 Å². The van der Waals surface area contributed by atoms with Gasteiger partial charge in [0, 0.05) is 17.5 Å². The summed E-state index contributed by atoms with van der Waals surface area (Å²) in [4.78, 5) is 29.8. The second kappa shape index (κ2) is 8.22. The smallest absolute Gasteiger partial charge is 0.257 e. The number of benzene rings is 1. The number of carbonyl (C=O) groups excluding carboxylic acids is 2. The van der Waals surface area contributed by atoms with Crippen molar-refractivity contribution < 1.29 is 9.59 Å². The molecule has 0 bridgehead atoms. The Morgan fingerprint density at radius 2 is 1.88 bits per heavy atom. The summed E-state index contributed by atoms with van der Waals surface area (Å²) in [6.45, 7) is 3.24. The zero-order chi connectivity index (χ0) is 17.6. The third-order valence-corrected chi connectivity index (χ3v) is 5.01. The minimum Gasteiger partial charge on any atom is -0.369 e. The lowest BCUT2D eigenvalue weighted by molar-refractivity contribution is -0.117. The van der Waals surface area contributed by atoms with E-state index in [2.05, 4.69) is 15.2 Å². The Morgan fingerprint density at radius 1 is 1.16 bits per heavy atom. The monoisotopic (exact) mass is 358 g/mol. The van der Waals surface area contributed by atoms with Crippen LogP contribution in [0.25, 0.3) is 0 Å². The lowest BCUT2D eigenvalue weighted by Crippen LogP contribution is -2.29. The van der Waals surface area contributed by atoms with Gasteiger partial charge in [-0.05, 0) is 43.6 Å². The molecule has 1 aliphatic rings. The number of nitrogens with two attached hydrogens (primary N) is 1. The SMILES string of the molecule is NC(=O)Cc1csc(NC(=O)c2ccc(CN3CCCCC3)cc2)n1. The molecule has 1 aromatic heterocycles. The van der Waals surface area contributed by atoms with Crippen LogP contribution in [0.3, 0.4) is 0 Å². The molecule has 6 nitrogen and oxygen atoms in total. The molecule has 0 aliphatic carbocycles. The van der Waals surface area contributed by atoms with E-state index in [9.17, 15) is 9.59 Å². The average Bonchev–Trinajstić information content (AvgIpc) is 3.02. The van der Waals surface area contributed by atoms with Crippen molar-refractivity contribution in [2.75, 3.05) is 18.4 Å². The van der Waals surface area contributed by atoms with Gasteiger partial charge in [0.15, 0.2) is 5.13 Å². The molecule has 1 fully saturated rings. The number of amides is 2. The molecule has 1 aromatic carbocycles. The van der Waals surface area contributed by atoms with Gasteiger partial charge >= 0.3 is 0 Å². The minimum atomic E-state index is -0.438. The molecular formula is C18H22N4O2S. The first-order chi connectivity index (χ1) is 12.1. The van der Waals surface area contributed by atoms with Crippen molar-refractivity contribution in [1.82, 2.24) is 9.88 Å². The number of hydrogen-bond donors (Lipinski definition) is 2. The first kappa shape index (κ1) is 17.6. The fourth-order valence-electron chi connectivity index (χ4n) is 2.93. The highest BCUT2D eigenvalue weighted by Crippen LogP contribution is 2.18. The van der Waals surface area contributed by atoms with E-state index in [4.69, 9.17) is 5.73 Å².